The fourth-order valence-electron chi connectivity index (χ4n) is 0.842. The molecule has 0 aliphatic heterocycles. The van der Waals surface area contributed by atoms with Crippen LogP contribution in [0.3, 0.4) is 0 Å². The molecular weight excluding hydrogens is 240 g/mol. The Morgan fingerprint density at radius 2 is 1.69 bits per heavy atom. The topological polar surface area (TPSA) is 77.8 Å². The molecule has 1 aromatic rings. The normalized spacial score (nSPS) is 9.92. The second-order valence-corrected chi connectivity index (χ2v) is 2.98. The van der Waals surface area contributed by atoms with E-state index in [2.05, 4.69) is 15.9 Å². The van der Waals surface area contributed by atoms with Crippen molar-refractivity contribution < 1.29 is 20.1 Å². The van der Waals surface area contributed by atoms with Crippen molar-refractivity contribution in [3.05, 3.63) is 17.7 Å². The Hall–Kier alpha value is -1.23. The molecule has 0 aromatic heterocycles. The molecule has 70 valence electrons. The van der Waals surface area contributed by atoms with Gasteiger partial charge in [-0.1, -0.05) is 15.9 Å². The molecule has 3 N–H and O–H groups in total. The fraction of sp³-hybridized carbons (Fsp3) is 0.125. The van der Waals surface area contributed by atoms with E-state index in [0.717, 1.165) is 12.1 Å². The number of halogens is 1. The van der Waals surface area contributed by atoms with Gasteiger partial charge in [-0.2, -0.15) is 0 Å². The first-order valence-electron chi connectivity index (χ1n) is 3.40. The highest BCUT2D eigenvalue weighted by molar-refractivity contribution is 9.09. The molecule has 0 radical (unpaired) electrons. The smallest absolute Gasteiger partial charge is 0.200 e. The lowest BCUT2D eigenvalue weighted by Gasteiger charge is -2.03. The van der Waals surface area contributed by atoms with E-state index in [-0.39, 0.29) is 16.7 Å². The average Bonchev–Trinajstić information content (AvgIpc) is 2.12. The van der Waals surface area contributed by atoms with Gasteiger partial charge in [0.2, 0.25) is 0 Å². The van der Waals surface area contributed by atoms with Crippen molar-refractivity contribution in [2.75, 3.05) is 5.33 Å². The standard InChI is InChI=1S/C8H7BrO4/c9-3-7(12)4-1-5(10)8(13)6(11)2-4/h1-2,10-11,13H,3H2. The first kappa shape index (κ1) is 9.85. The Labute approximate surface area is 82.6 Å². The van der Waals surface area contributed by atoms with Crippen molar-refractivity contribution in [2.24, 2.45) is 0 Å². The first-order chi connectivity index (χ1) is 6.06. The van der Waals surface area contributed by atoms with Crippen LogP contribution in [0.5, 0.6) is 17.2 Å². The lowest BCUT2D eigenvalue weighted by molar-refractivity contribution is 0.102. The van der Waals surface area contributed by atoms with Crippen LogP contribution in [-0.4, -0.2) is 26.4 Å². The van der Waals surface area contributed by atoms with E-state index in [1.165, 1.54) is 0 Å². The minimum atomic E-state index is -0.619. The summed E-state index contributed by atoms with van der Waals surface area (Å²) >= 11 is 2.94. The summed E-state index contributed by atoms with van der Waals surface area (Å²) in [6.45, 7) is 0. The average molecular weight is 247 g/mol. The lowest BCUT2D eigenvalue weighted by atomic mass is 10.1. The zero-order valence-corrected chi connectivity index (χ0v) is 8.08. The number of benzene rings is 1. The maximum Gasteiger partial charge on any atom is 0.200 e. The number of alkyl halides is 1. The van der Waals surface area contributed by atoms with E-state index in [1.807, 2.05) is 0 Å². The molecule has 0 amide bonds. The maximum atomic E-state index is 11.1. The summed E-state index contributed by atoms with van der Waals surface area (Å²) in [5, 5.41) is 27.2. The number of phenols is 3. The second kappa shape index (κ2) is 3.66. The predicted octanol–water partition coefficient (Wildman–Crippen LogP) is 1.38. The van der Waals surface area contributed by atoms with Crippen molar-refractivity contribution in [2.45, 2.75) is 0 Å². The highest BCUT2D eigenvalue weighted by Crippen LogP contribution is 2.35. The van der Waals surface area contributed by atoms with Crippen LogP contribution in [0.1, 0.15) is 10.4 Å². The number of carbonyl (C=O) groups is 1. The van der Waals surface area contributed by atoms with Gasteiger partial charge in [-0.25, -0.2) is 0 Å². The summed E-state index contributed by atoms with van der Waals surface area (Å²) in [6.07, 6.45) is 0. The van der Waals surface area contributed by atoms with Gasteiger partial charge in [0.25, 0.3) is 0 Å². The largest absolute Gasteiger partial charge is 0.504 e. The van der Waals surface area contributed by atoms with Crippen molar-refractivity contribution in [1.82, 2.24) is 0 Å². The Bertz CT molecular complexity index is 325. The molecule has 0 fully saturated rings. The van der Waals surface area contributed by atoms with Crippen molar-refractivity contribution >= 4 is 21.7 Å². The quantitative estimate of drug-likeness (QED) is 0.419. The highest BCUT2D eigenvalue weighted by atomic mass is 79.9. The molecular formula is C8H7BrO4. The maximum absolute atomic E-state index is 11.1. The van der Waals surface area contributed by atoms with Gasteiger partial charge in [0.15, 0.2) is 23.0 Å². The minimum absolute atomic E-state index is 0.0939. The molecule has 5 heteroatoms. The van der Waals surface area contributed by atoms with Crippen LogP contribution in [0.4, 0.5) is 0 Å². The van der Waals surface area contributed by atoms with Crippen molar-refractivity contribution in [3.63, 3.8) is 0 Å². The van der Waals surface area contributed by atoms with Gasteiger partial charge in [0.1, 0.15) is 0 Å². The van der Waals surface area contributed by atoms with E-state index in [0.29, 0.717) is 0 Å². The van der Waals surface area contributed by atoms with Gasteiger partial charge in [0.05, 0.1) is 5.33 Å². The van der Waals surface area contributed by atoms with E-state index in [1.54, 1.807) is 0 Å². The molecule has 0 aliphatic carbocycles. The van der Waals surface area contributed by atoms with Gasteiger partial charge in [-0.15, -0.1) is 0 Å². The zero-order chi connectivity index (χ0) is 10.0. The third-order valence-corrected chi connectivity index (χ3v) is 2.02. The van der Waals surface area contributed by atoms with Crippen LogP contribution in [0.15, 0.2) is 12.1 Å². The van der Waals surface area contributed by atoms with Crippen molar-refractivity contribution in [1.29, 1.82) is 0 Å². The number of ketones is 1. The second-order valence-electron chi connectivity index (χ2n) is 2.42. The molecule has 4 nitrogen and oxygen atoms in total. The third-order valence-electron chi connectivity index (χ3n) is 1.51. The van der Waals surface area contributed by atoms with E-state index < -0.39 is 17.2 Å². The SMILES string of the molecule is O=C(CBr)c1cc(O)c(O)c(O)c1. The number of hydrogen-bond donors (Lipinski definition) is 3. The first-order valence-corrected chi connectivity index (χ1v) is 4.52. The molecule has 0 unspecified atom stereocenters. The number of rotatable bonds is 2. The Kier molecular flexibility index (Phi) is 2.77. The molecule has 0 spiro atoms. The van der Waals surface area contributed by atoms with Gasteiger partial charge in [-0.3, -0.25) is 4.79 Å². The molecule has 0 saturated carbocycles. The number of hydrogen-bond acceptors (Lipinski definition) is 4. The Balaban J connectivity index is 3.20. The fourth-order valence-corrected chi connectivity index (χ4v) is 1.17. The summed E-state index contributed by atoms with van der Waals surface area (Å²) < 4.78 is 0. The predicted molar refractivity (Wildman–Crippen MR) is 49.6 cm³/mol. The monoisotopic (exact) mass is 246 g/mol. The van der Waals surface area contributed by atoms with Crippen LogP contribution in [0.2, 0.25) is 0 Å². The summed E-state index contributed by atoms with van der Waals surface area (Å²) in [5.74, 6) is -1.93. The van der Waals surface area contributed by atoms with Crippen LogP contribution in [0.25, 0.3) is 0 Å². The summed E-state index contributed by atoms with van der Waals surface area (Å²) in [5.41, 5.74) is 0.143. The zero-order valence-electron chi connectivity index (χ0n) is 6.49. The van der Waals surface area contributed by atoms with E-state index >= 15 is 0 Å². The number of carbonyl (C=O) groups excluding carboxylic acids is 1. The molecule has 0 saturated heterocycles. The molecule has 1 rings (SSSR count). The molecule has 0 bridgehead atoms. The van der Waals surface area contributed by atoms with Crippen LogP contribution in [-0.2, 0) is 0 Å². The summed E-state index contributed by atoms with van der Waals surface area (Å²) in [6, 6.07) is 2.19. The number of Topliss-reactive ketones (excluding diaryl/α,β-unsaturated/α-hetero) is 1. The van der Waals surface area contributed by atoms with Gasteiger partial charge in [0, 0.05) is 5.56 Å². The minimum Gasteiger partial charge on any atom is -0.504 e. The molecule has 1 aromatic carbocycles. The molecule has 0 atom stereocenters. The summed E-state index contributed by atoms with van der Waals surface area (Å²) in [4.78, 5) is 11.1. The highest BCUT2D eigenvalue weighted by Gasteiger charge is 2.11. The van der Waals surface area contributed by atoms with E-state index in [9.17, 15) is 4.79 Å². The number of aromatic hydroxyl groups is 3. The van der Waals surface area contributed by atoms with E-state index in [4.69, 9.17) is 15.3 Å². The molecule has 13 heavy (non-hydrogen) atoms. The Morgan fingerprint density at radius 3 is 2.08 bits per heavy atom. The molecule has 0 aliphatic rings. The Morgan fingerprint density at radius 1 is 1.23 bits per heavy atom. The van der Waals surface area contributed by atoms with Crippen LogP contribution >= 0.6 is 15.9 Å². The van der Waals surface area contributed by atoms with Crippen LogP contribution in [0, 0.1) is 0 Å². The van der Waals surface area contributed by atoms with Gasteiger partial charge < -0.3 is 15.3 Å². The third kappa shape index (κ3) is 1.92. The molecule has 0 heterocycles. The van der Waals surface area contributed by atoms with Gasteiger partial charge in [-0.05, 0) is 12.1 Å². The lowest BCUT2D eigenvalue weighted by Crippen LogP contribution is -1.99. The van der Waals surface area contributed by atoms with Gasteiger partial charge >= 0.3 is 0 Å². The van der Waals surface area contributed by atoms with Crippen molar-refractivity contribution in [3.8, 4) is 17.2 Å². The number of phenolic OH excluding ortho intramolecular Hbond substituents is 3. The summed E-state index contributed by atoms with van der Waals surface area (Å²) in [7, 11) is 0. The van der Waals surface area contributed by atoms with Crippen LogP contribution < -0.4 is 0 Å².